The summed E-state index contributed by atoms with van der Waals surface area (Å²) in [5.41, 5.74) is 6.32. The van der Waals surface area contributed by atoms with E-state index in [1.54, 1.807) is 0 Å². The van der Waals surface area contributed by atoms with E-state index in [1.807, 2.05) is 18.2 Å². The third kappa shape index (κ3) is 2.16. The molecule has 3 nitrogen and oxygen atoms in total. The molecule has 0 aliphatic carbocycles. The van der Waals surface area contributed by atoms with Gasteiger partial charge in [-0.15, -0.1) is 0 Å². The second-order valence-corrected chi connectivity index (χ2v) is 4.58. The maximum Gasteiger partial charge on any atom is 0.129 e. The Hall–Kier alpha value is -1.16. The van der Waals surface area contributed by atoms with Crippen molar-refractivity contribution in [2.45, 2.75) is 32.2 Å². The van der Waals surface area contributed by atoms with Gasteiger partial charge in [0, 0.05) is 12.6 Å². The minimum atomic E-state index is 0.370. The first-order valence-corrected chi connectivity index (χ1v) is 6.16. The lowest BCUT2D eigenvalue weighted by Gasteiger charge is -2.24. The van der Waals surface area contributed by atoms with E-state index in [2.05, 4.69) is 16.8 Å². The number of thiocarbonyl (C=S) groups is 1. The summed E-state index contributed by atoms with van der Waals surface area (Å²) in [5.74, 6) is 1.01. The lowest BCUT2D eigenvalue weighted by molar-refractivity contribution is 0.640. The van der Waals surface area contributed by atoms with Gasteiger partial charge in [0.15, 0.2) is 0 Å². The first-order valence-electron chi connectivity index (χ1n) is 5.76. The number of anilines is 1. The van der Waals surface area contributed by atoms with Crippen LogP contribution in [0.5, 0.6) is 0 Å². The first-order chi connectivity index (χ1) is 7.72. The van der Waals surface area contributed by atoms with E-state index < -0.39 is 0 Å². The molecule has 0 spiro atoms. The molecule has 0 radical (unpaired) electrons. The molecule has 1 aromatic rings. The minimum Gasteiger partial charge on any atom is -0.388 e. The van der Waals surface area contributed by atoms with Crippen LogP contribution >= 0.6 is 12.2 Å². The van der Waals surface area contributed by atoms with Crippen LogP contribution in [0.15, 0.2) is 18.2 Å². The normalized spacial score (nSPS) is 20.1. The third-order valence-electron chi connectivity index (χ3n) is 3.13. The van der Waals surface area contributed by atoms with Crippen LogP contribution in [0.3, 0.4) is 0 Å². The molecule has 1 unspecified atom stereocenters. The smallest absolute Gasteiger partial charge is 0.129 e. The van der Waals surface area contributed by atoms with Crippen LogP contribution in [-0.4, -0.2) is 22.6 Å². The van der Waals surface area contributed by atoms with Crippen LogP contribution < -0.4 is 10.6 Å². The zero-order valence-electron chi connectivity index (χ0n) is 9.52. The summed E-state index contributed by atoms with van der Waals surface area (Å²) < 4.78 is 0. The van der Waals surface area contributed by atoms with Gasteiger partial charge in [-0.3, -0.25) is 0 Å². The topological polar surface area (TPSA) is 42.1 Å². The Kier molecular flexibility index (Phi) is 3.39. The van der Waals surface area contributed by atoms with Crippen molar-refractivity contribution in [1.29, 1.82) is 0 Å². The molecule has 1 saturated heterocycles. The summed E-state index contributed by atoms with van der Waals surface area (Å²) in [7, 11) is 0. The summed E-state index contributed by atoms with van der Waals surface area (Å²) in [6.45, 7) is 3.31. The molecule has 0 bridgehead atoms. The largest absolute Gasteiger partial charge is 0.388 e. The lowest BCUT2D eigenvalue weighted by Crippen LogP contribution is -2.29. The van der Waals surface area contributed by atoms with E-state index in [0.717, 1.165) is 12.4 Å². The van der Waals surface area contributed by atoms with Crippen molar-refractivity contribution in [1.82, 2.24) is 4.98 Å². The molecule has 0 aromatic carbocycles. The van der Waals surface area contributed by atoms with Gasteiger partial charge in [-0.05, 0) is 31.4 Å². The highest BCUT2D eigenvalue weighted by Crippen LogP contribution is 2.25. The van der Waals surface area contributed by atoms with Crippen LogP contribution in [0.4, 0.5) is 5.82 Å². The van der Waals surface area contributed by atoms with Crippen molar-refractivity contribution in [3.05, 3.63) is 23.9 Å². The minimum absolute atomic E-state index is 0.370. The Morgan fingerprint density at radius 3 is 3.12 bits per heavy atom. The Balaban J connectivity index is 2.26. The molecule has 0 amide bonds. The van der Waals surface area contributed by atoms with Gasteiger partial charge in [-0.2, -0.15) is 0 Å². The highest BCUT2D eigenvalue weighted by Gasteiger charge is 2.23. The van der Waals surface area contributed by atoms with Crippen LogP contribution in [0.1, 0.15) is 31.9 Å². The predicted molar refractivity (Wildman–Crippen MR) is 70.8 cm³/mol. The van der Waals surface area contributed by atoms with Gasteiger partial charge in [0.1, 0.15) is 10.8 Å². The van der Waals surface area contributed by atoms with E-state index in [4.69, 9.17) is 18.0 Å². The number of pyridine rings is 1. The van der Waals surface area contributed by atoms with E-state index in [-0.39, 0.29) is 0 Å². The van der Waals surface area contributed by atoms with Crippen molar-refractivity contribution in [2.24, 2.45) is 5.73 Å². The fourth-order valence-electron chi connectivity index (χ4n) is 2.28. The molecule has 2 rings (SSSR count). The molecule has 1 aromatic heterocycles. The second-order valence-electron chi connectivity index (χ2n) is 4.14. The van der Waals surface area contributed by atoms with Crippen molar-refractivity contribution in [3.63, 3.8) is 0 Å². The zero-order valence-corrected chi connectivity index (χ0v) is 10.3. The van der Waals surface area contributed by atoms with Crippen LogP contribution in [-0.2, 0) is 0 Å². The summed E-state index contributed by atoms with van der Waals surface area (Å²) in [6, 6.07) is 6.50. The number of nitrogens with two attached hydrogens (primary N) is 1. The fourth-order valence-corrected chi connectivity index (χ4v) is 2.40. The molecule has 0 saturated carbocycles. The summed E-state index contributed by atoms with van der Waals surface area (Å²) in [4.78, 5) is 7.24. The Morgan fingerprint density at radius 1 is 1.62 bits per heavy atom. The molecule has 1 aliphatic rings. The molecule has 1 atom stereocenters. The van der Waals surface area contributed by atoms with Crippen molar-refractivity contribution >= 4 is 23.0 Å². The summed E-state index contributed by atoms with van der Waals surface area (Å²) in [5, 5.41) is 0. The van der Waals surface area contributed by atoms with Gasteiger partial charge in [-0.25, -0.2) is 4.98 Å². The molecule has 2 heterocycles. The number of aromatic nitrogens is 1. The molecule has 4 heteroatoms. The third-order valence-corrected chi connectivity index (χ3v) is 3.34. The standard InChI is InChI=1S/C12H17N3S/c1-2-9-5-4-8-15(9)11-7-3-6-10(14-11)12(13)16/h3,6-7,9H,2,4-5,8H2,1H3,(H2,13,16). The molecule has 1 fully saturated rings. The van der Waals surface area contributed by atoms with Crippen LogP contribution in [0, 0.1) is 0 Å². The maximum absolute atomic E-state index is 5.60. The molecular formula is C12H17N3S. The quantitative estimate of drug-likeness (QED) is 0.815. The monoisotopic (exact) mass is 235 g/mol. The molecular weight excluding hydrogens is 218 g/mol. The maximum atomic E-state index is 5.60. The number of rotatable bonds is 3. The van der Waals surface area contributed by atoms with Gasteiger partial charge in [0.05, 0.1) is 5.69 Å². The van der Waals surface area contributed by atoms with Gasteiger partial charge in [0.25, 0.3) is 0 Å². The van der Waals surface area contributed by atoms with Gasteiger partial charge in [-0.1, -0.05) is 25.2 Å². The van der Waals surface area contributed by atoms with Crippen molar-refractivity contribution in [2.75, 3.05) is 11.4 Å². The SMILES string of the molecule is CCC1CCCN1c1cccc(C(N)=S)n1. The average Bonchev–Trinajstić information content (AvgIpc) is 2.77. The van der Waals surface area contributed by atoms with Crippen molar-refractivity contribution in [3.8, 4) is 0 Å². The Morgan fingerprint density at radius 2 is 2.44 bits per heavy atom. The van der Waals surface area contributed by atoms with Gasteiger partial charge >= 0.3 is 0 Å². The van der Waals surface area contributed by atoms with Gasteiger partial charge in [0.2, 0.25) is 0 Å². The predicted octanol–water partition coefficient (Wildman–Crippen LogP) is 2.09. The summed E-state index contributed by atoms with van der Waals surface area (Å²) >= 11 is 4.95. The van der Waals surface area contributed by atoms with E-state index >= 15 is 0 Å². The highest BCUT2D eigenvalue weighted by atomic mass is 32.1. The van der Waals surface area contributed by atoms with Crippen LogP contribution in [0.2, 0.25) is 0 Å². The molecule has 1 aliphatic heterocycles. The van der Waals surface area contributed by atoms with E-state index in [0.29, 0.717) is 16.7 Å². The van der Waals surface area contributed by atoms with Crippen molar-refractivity contribution < 1.29 is 0 Å². The average molecular weight is 235 g/mol. The van der Waals surface area contributed by atoms with Gasteiger partial charge < -0.3 is 10.6 Å². The van der Waals surface area contributed by atoms with Crippen LogP contribution in [0.25, 0.3) is 0 Å². The fraction of sp³-hybridized carbons (Fsp3) is 0.500. The second kappa shape index (κ2) is 4.78. The van der Waals surface area contributed by atoms with E-state index in [9.17, 15) is 0 Å². The number of nitrogens with zero attached hydrogens (tertiary/aromatic N) is 2. The number of hydrogen-bond donors (Lipinski definition) is 1. The lowest BCUT2D eigenvalue weighted by atomic mass is 10.2. The molecule has 86 valence electrons. The summed E-state index contributed by atoms with van der Waals surface area (Å²) in [6.07, 6.45) is 3.67. The molecule has 16 heavy (non-hydrogen) atoms. The molecule has 2 N–H and O–H groups in total. The zero-order chi connectivity index (χ0) is 11.5. The Labute approximate surface area is 102 Å². The van der Waals surface area contributed by atoms with E-state index in [1.165, 1.54) is 19.3 Å². The number of hydrogen-bond acceptors (Lipinski definition) is 3. The first kappa shape index (κ1) is 11.3. The highest BCUT2D eigenvalue weighted by molar-refractivity contribution is 7.80. The Bertz CT molecular complexity index is 392.